The number of hydrazine groups is 1. The molecule has 0 aromatic carbocycles. The van der Waals surface area contributed by atoms with Crippen LogP contribution in [0.3, 0.4) is 0 Å². The van der Waals surface area contributed by atoms with E-state index in [-0.39, 0.29) is 5.91 Å². The first-order valence-corrected chi connectivity index (χ1v) is 4.03. The molecule has 0 saturated carbocycles. The molecule has 0 bridgehead atoms. The highest BCUT2D eigenvalue weighted by molar-refractivity contribution is 5.81. The fourth-order valence-electron chi connectivity index (χ4n) is 1.12. The second-order valence-electron chi connectivity index (χ2n) is 2.87. The van der Waals surface area contributed by atoms with Gasteiger partial charge < -0.3 is 9.64 Å². The van der Waals surface area contributed by atoms with Gasteiger partial charge in [-0.05, 0) is 7.05 Å². The van der Waals surface area contributed by atoms with Crippen molar-refractivity contribution in [2.24, 2.45) is 0 Å². The third-order valence-electron chi connectivity index (χ3n) is 1.82. The monoisotopic (exact) mass is 187 g/mol. The van der Waals surface area contributed by atoms with Gasteiger partial charge in [0.15, 0.2) is 6.10 Å². The molecule has 6 nitrogen and oxygen atoms in total. The first-order chi connectivity index (χ1) is 6.24. The van der Waals surface area contributed by atoms with Crippen molar-refractivity contribution in [1.29, 1.82) is 0 Å². The van der Waals surface area contributed by atoms with Crippen LogP contribution in [0.15, 0.2) is 0 Å². The van der Waals surface area contributed by atoms with Gasteiger partial charge in [-0.25, -0.2) is 0 Å². The zero-order valence-corrected chi connectivity index (χ0v) is 7.45. The lowest BCUT2D eigenvalue weighted by Crippen LogP contribution is -2.51. The molecule has 74 valence electrons. The molecule has 2 N–H and O–H groups in total. The zero-order valence-electron chi connectivity index (χ0n) is 7.45. The SMILES string of the molecule is CN1CCOC(C(=O)NNC=O)C1. The molecule has 1 unspecified atom stereocenters. The molecule has 1 aliphatic rings. The van der Waals surface area contributed by atoms with Crippen molar-refractivity contribution in [3.05, 3.63) is 0 Å². The number of nitrogens with zero attached hydrogens (tertiary/aromatic N) is 1. The Kier molecular flexibility index (Phi) is 3.66. The maximum Gasteiger partial charge on any atom is 0.268 e. The molecule has 1 atom stereocenters. The Morgan fingerprint density at radius 3 is 3.08 bits per heavy atom. The first kappa shape index (κ1) is 9.94. The van der Waals surface area contributed by atoms with E-state index in [4.69, 9.17) is 4.74 Å². The third kappa shape index (κ3) is 3.00. The van der Waals surface area contributed by atoms with E-state index in [0.29, 0.717) is 19.6 Å². The number of nitrogens with one attached hydrogen (secondary N) is 2. The van der Waals surface area contributed by atoms with Crippen molar-refractivity contribution in [3.63, 3.8) is 0 Å². The topological polar surface area (TPSA) is 70.7 Å². The van der Waals surface area contributed by atoms with Crippen molar-refractivity contribution in [2.45, 2.75) is 6.10 Å². The second kappa shape index (κ2) is 4.78. The summed E-state index contributed by atoms with van der Waals surface area (Å²) in [7, 11) is 1.91. The van der Waals surface area contributed by atoms with Gasteiger partial charge in [0.2, 0.25) is 6.41 Å². The summed E-state index contributed by atoms with van der Waals surface area (Å²) in [5.74, 6) is -0.321. The van der Waals surface area contributed by atoms with Crippen LogP contribution in [0.25, 0.3) is 0 Å². The summed E-state index contributed by atoms with van der Waals surface area (Å²) in [6.45, 7) is 1.91. The number of carbonyl (C=O) groups is 2. The number of rotatable bonds is 3. The molecule has 1 fully saturated rings. The largest absolute Gasteiger partial charge is 0.366 e. The summed E-state index contributed by atoms with van der Waals surface area (Å²) < 4.78 is 5.20. The van der Waals surface area contributed by atoms with Crippen LogP contribution in [0.1, 0.15) is 0 Å². The second-order valence-corrected chi connectivity index (χ2v) is 2.87. The number of hydrogen-bond donors (Lipinski definition) is 2. The highest BCUT2D eigenvalue weighted by Gasteiger charge is 2.24. The minimum absolute atomic E-state index is 0.321. The quantitative estimate of drug-likeness (QED) is 0.400. The average molecular weight is 187 g/mol. The molecule has 1 aliphatic heterocycles. The lowest BCUT2D eigenvalue weighted by Gasteiger charge is -2.28. The van der Waals surface area contributed by atoms with Crippen molar-refractivity contribution in [3.8, 4) is 0 Å². The van der Waals surface area contributed by atoms with E-state index in [0.717, 1.165) is 6.54 Å². The van der Waals surface area contributed by atoms with Gasteiger partial charge in [-0.1, -0.05) is 0 Å². The highest BCUT2D eigenvalue weighted by atomic mass is 16.5. The maximum absolute atomic E-state index is 11.2. The molecular weight excluding hydrogens is 174 g/mol. The van der Waals surface area contributed by atoms with Gasteiger partial charge in [-0.15, -0.1) is 0 Å². The van der Waals surface area contributed by atoms with Gasteiger partial charge in [0.25, 0.3) is 5.91 Å². The van der Waals surface area contributed by atoms with Crippen LogP contribution in [0.5, 0.6) is 0 Å². The van der Waals surface area contributed by atoms with Gasteiger partial charge in [0.05, 0.1) is 6.61 Å². The van der Waals surface area contributed by atoms with Crippen LogP contribution in [0, 0.1) is 0 Å². The van der Waals surface area contributed by atoms with Crippen LogP contribution in [-0.4, -0.2) is 50.1 Å². The Morgan fingerprint density at radius 1 is 1.69 bits per heavy atom. The zero-order chi connectivity index (χ0) is 9.68. The Hall–Kier alpha value is -1.14. The average Bonchev–Trinajstić information content (AvgIpc) is 2.14. The van der Waals surface area contributed by atoms with Crippen LogP contribution in [0.4, 0.5) is 0 Å². The summed E-state index contributed by atoms with van der Waals surface area (Å²) in [6.07, 6.45) is -0.0871. The third-order valence-corrected chi connectivity index (χ3v) is 1.82. The molecule has 0 aromatic heterocycles. The van der Waals surface area contributed by atoms with Gasteiger partial charge in [0, 0.05) is 13.1 Å². The first-order valence-electron chi connectivity index (χ1n) is 4.03. The van der Waals surface area contributed by atoms with Gasteiger partial charge in [0.1, 0.15) is 0 Å². The molecule has 0 aliphatic carbocycles. The summed E-state index contributed by atoms with van der Waals surface area (Å²) >= 11 is 0. The standard InChI is InChI=1S/C7H13N3O3/c1-10-2-3-13-6(4-10)7(12)9-8-5-11/h5-6H,2-4H2,1H3,(H,8,11)(H,9,12). The van der Waals surface area contributed by atoms with E-state index >= 15 is 0 Å². The van der Waals surface area contributed by atoms with E-state index in [9.17, 15) is 9.59 Å². The molecule has 1 rings (SSSR count). The van der Waals surface area contributed by atoms with Crippen molar-refractivity contribution >= 4 is 12.3 Å². The maximum atomic E-state index is 11.2. The summed E-state index contributed by atoms with van der Waals surface area (Å²) in [5, 5.41) is 0. The number of carbonyl (C=O) groups excluding carboxylic acids is 2. The van der Waals surface area contributed by atoms with Crippen LogP contribution in [-0.2, 0) is 14.3 Å². The molecule has 6 heteroatoms. The van der Waals surface area contributed by atoms with E-state index in [1.54, 1.807) is 0 Å². The van der Waals surface area contributed by atoms with Crippen LogP contribution in [0.2, 0.25) is 0 Å². The van der Waals surface area contributed by atoms with Crippen LogP contribution >= 0.6 is 0 Å². The van der Waals surface area contributed by atoms with E-state index in [2.05, 4.69) is 10.9 Å². The minimum atomic E-state index is -0.494. The Balaban J connectivity index is 2.32. The highest BCUT2D eigenvalue weighted by Crippen LogP contribution is 2.01. The smallest absolute Gasteiger partial charge is 0.268 e. The number of likely N-dealkylation sites (N-methyl/N-ethyl adjacent to an activating group) is 1. The molecule has 2 amide bonds. The van der Waals surface area contributed by atoms with Crippen LogP contribution < -0.4 is 10.9 Å². The summed E-state index contributed by atoms with van der Waals surface area (Å²) in [6, 6.07) is 0. The van der Waals surface area contributed by atoms with Crippen molar-refractivity contribution < 1.29 is 14.3 Å². The van der Waals surface area contributed by atoms with E-state index in [1.165, 1.54) is 0 Å². The lowest BCUT2D eigenvalue weighted by atomic mass is 10.3. The Labute approximate surface area is 76.2 Å². The van der Waals surface area contributed by atoms with Gasteiger partial charge in [-0.2, -0.15) is 0 Å². The normalized spacial score (nSPS) is 23.6. The number of amides is 2. The minimum Gasteiger partial charge on any atom is -0.366 e. The predicted octanol–water partition coefficient (Wildman–Crippen LogP) is -1.91. The molecule has 0 spiro atoms. The molecule has 0 aromatic rings. The number of ether oxygens (including phenoxy) is 1. The van der Waals surface area contributed by atoms with E-state index in [1.807, 2.05) is 11.9 Å². The van der Waals surface area contributed by atoms with Crippen molar-refractivity contribution in [1.82, 2.24) is 15.8 Å². The summed E-state index contributed by atoms with van der Waals surface area (Å²) in [4.78, 5) is 23.1. The molecular formula is C7H13N3O3. The fourth-order valence-corrected chi connectivity index (χ4v) is 1.12. The number of hydrogen-bond acceptors (Lipinski definition) is 4. The predicted molar refractivity (Wildman–Crippen MR) is 44.6 cm³/mol. The van der Waals surface area contributed by atoms with E-state index < -0.39 is 6.10 Å². The Bertz CT molecular complexity index is 197. The lowest BCUT2D eigenvalue weighted by molar-refractivity contribution is -0.139. The number of morpholine rings is 1. The van der Waals surface area contributed by atoms with Crippen molar-refractivity contribution in [2.75, 3.05) is 26.7 Å². The molecule has 13 heavy (non-hydrogen) atoms. The summed E-state index contributed by atoms with van der Waals surface area (Å²) in [5.41, 5.74) is 4.30. The fraction of sp³-hybridized carbons (Fsp3) is 0.714. The molecule has 0 radical (unpaired) electrons. The van der Waals surface area contributed by atoms with Gasteiger partial charge >= 0.3 is 0 Å². The molecule has 1 saturated heterocycles. The van der Waals surface area contributed by atoms with Gasteiger partial charge in [-0.3, -0.25) is 20.4 Å². The molecule has 1 heterocycles. The Morgan fingerprint density at radius 2 is 2.46 bits per heavy atom.